The van der Waals surface area contributed by atoms with E-state index in [1.54, 1.807) is 0 Å². The largest absolute Gasteiger partial charge is 0.459 e. The molecule has 2 aliphatic heterocycles. The summed E-state index contributed by atoms with van der Waals surface area (Å²) in [5, 5.41) is 3.76. The van der Waals surface area contributed by atoms with Crippen LogP contribution in [0.5, 0.6) is 6.01 Å². The molecule has 1 saturated carbocycles. The van der Waals surface area contributed by atoms with Crippen LogP contribution in [-0.2, 0) is 0 Å². The molecule has 3 fully saturated rings. The van der Waals surface area contributed by atoms with E-state index in [1.807, 2.05) is 14.0 Å². The predicted octanol–water partition coefficient (Wildman–Crippen LogP) is 4.03. The Morgan fingerprint density at radius 3 is 2.60 bits per heavy atom. The van der Waals surface area contributed by atoms with Crippen molar-refractivity contribution in [2.45, 2.75) is 45.3 Å². The lowest BCUT2D eigenvalue weighted by molar-refractivity contribution is 0.151. The Kier molecular flexibility index (Phi) is 7.21. The summed E-state index contributed by atoms with van der Waals surface area (Å²) in [5.74, 6) is 0.0921. The average Bonchev–Trinajstić information content (AvgIpc) is 3.35. The molecule has 2 saturated heterocycles. The zero-order chi connectivity index (χ0) is 30.0. The highest BCUT2D eigenvalue weighted by atomic mass is 32.1. The van der Waals surface area contributed by atoms with E-state index in [9.17, 15) is 9.18 Å². The van der Waals surface area contributed by atoms with Crippen molar-refractivity contribution in [1.29, 1.82) is 0 Å². The van der Waals surface area contributed by atoms with Crippen LogP contribution in [0.15, 0.2) is 16.9 Å². The molecule has 4 aromatic rings. The number of thiazole rings is 1. The molecule has 7 rings (SSSR count). The number of nitrogens with zero attached hydrogens (tertiary/aromatic N) is 6. The third-order valence-electron chi connectivity index (χ3n) is 8.81. The van der Waals surface area contributed by atoms with Gasteiger partial charge in [-0.15, -0.1) is 0 Å². The van der Waals surface area contributed by atoms with E-state index in [0.717, 1.165) is 50.2 Å². The van der Waals surface area contributed by atoms with Crippen molar-refractivity contribution >= 4 is 43.4 Å². The Labute approximate surface area is 251 Å². The smallest absolute Gasteiger partial charge is 0.319 e. The van der Waals surface area contributed by atoms with Crippen molar-refractivity contribution in [2.75, 3.05) is 56.9 Å². The SMILES string of the molecule is CCCN(C)CC(C)Oc1nc(N2CC3CNCC3C2)c2c(=O)n(C3CC3)c(-c3ccc(F)c4sc(N)nc34)c(F)c2n1. The first-order valence-corrected chi connectivity index (χ1v) is 15.9. The number of halogens is 2. The lowest BCUT2D eigenvalue weighted by Crippen LogP contribution is -2.33. The van der Waals surface area contributed by atoms with Crippen molar-refractivity contribution < 1.29 is 13.5 Å². The molecule has 10 nitrogen and oxygen atoms in total. The topological polar surface area (TPSA) is 114 Å². The van der Waals surface area contributed by atoms with E-state index in [-0.39, 0.29) is 55.7 Å². The van der Waals surface area contributed by atoms with Crippen LogP contribution in [0.2, 0.25) is 0 Å². The Bertz CT molecular complexity index is 1760. The fourth-order valence-electron chi connectivity index (χ4n) is 6.78. The number of fused-ring (bicyclic) bond motifs is 3. The van der Waals surface area contributed by atoms with Gasteiger partial charge in [-0.05, 0) is 63.7 Å². The van der Waals surface area contributed by atoms with Gasteiger partial charge in [-0.2, -0.15) is 9.97 Å². The molecule has 3 aromatic heterocycles. The summed E-state index contributed by atoms with van der Waals surface area (Å²) in [5.41, 5.74) is 6.08. The third-order valence-corrected chi connectivity index (χ3v) is 9.70. The van der Waals surface area contributed by atoms with Crippen molar-refractivity contribution in [3.8, 4) is 17.3 Å². The van der Waals surface area contributed by atoms with Gasteiger partial charge >= 0.3 is 6.01 Å². The minimum Gasteiger partial charge on any atom is -0.459 e. The minimum absolute atomic E-state index is 0.0330. The minimum atomic E-state index is -0.675. The van der Waals surface area contributed by atoms with Crippen LogP contribution in [0.4, 0.5) is 19.7 Å². The van der Waals surface area contributed by atoms with Gasteiger partial charge in [0.15, 0.2) is 10.9 Å². The van der Waals surface area contributed by atoms with Gasteiger partial charge in [-0.3, -0.25) is 4.79 Å². The number of hydrogen-bond acceptors (Lipinski definition) is 10. The molecule has 3 atom stereocenters. The molecule has 0 radical (unpaired) electrons. The number of nitrogens with one attached hydrogen (secondary N) is 1. The number of hydrogen-bond donors (Lipinski definition) is 2. The average molecular weight is 611 g/mol. The van der Waals surface area contributed by atoms with E-state index < -0.39 is 11.6 Å². The molecule has 5 heterocycles. The highest BCUT2D eigenvalue weighted by Crippen LogP contribution is 2.43. The zero-order valence-corrected chi connectivity index (χ0v) is 25.4. The normalized spacial score (nSPS) is 20.9. The van der Waals surface area contributed by atoms with Gasteiger partial charge in [0.25, 0.3) is 5.56 Å². The maximum atomic E-state index is 17.1. The summed E-state index contributed by atoms with van der Waals surface area (Å²) < 4.78 is 39.7. The molecule has 3 aliphatic rings. The molecule has 0 spiro atoms. The van der Waals surface area contributed by atoms with Crippen LogP contribution in [0.3, 0.4) is 0 Å². The highest BCUT2D eigenvalue weighted by molar-refractivity contribution is 7.22. The lowest BCUT2D eigenvalue weighted by atomic mass is 10.0. The summed E-state index contributed by atoms with van der Waals surface area (Å²) in [6.45, 7) is 8.81. The fourth-order valence-corrected chi connectivity index (χ4v) is 7.54. The summed E-state index contributed by atoms with van der Waals surface area (Å²) in [6.07, 6.45) is 2.21. The van der Waals surface area contributed by atoms with Gasteiger partial charge in [0, 0.05) is 44.3 Å². The van der Waals surface area contributed by atoms with Crippen molar-refractivity contribution in [2.24, 2.45) is 11.8 Å². The maximum Gasteiger partial charge on any atom is 0.319 e. The molecule has 3 unspecified atom stereocenters. The molecule has 0 bridgehead atoms. The van der Waals surface area contributed by atoms with Gasteiger partial charge in [0.2, 0.25) is 0 Å². The van der Waals surface area contributed by atoms with Crippen LogP contribution >= 0.6 is 11.3 Å². The molecular weight excluding hydrogens is 574 g/mol. The number of likely N-dealkylation sites (N-methyl/N-ethyl adjacent to an activating group) is 1. The highest BCUT2D eigenvalue weighted by Gasteiger charge is 2.39. The molecule has 43 heavy (non-hydrogen) atoms. The molecule has 13 heteroatoms. The van der Waals surface area contributed by atoms with E-state index in [1.165, 1.54) is 16.7 Å². The number of aromatic nitrogens is 4. The molecule has 3 N–H and O–H groups in total. The number of rotatable bonds is 9. The number of nitrogen functional groups attached to an aromatic ring is 1. The second-order valence-corrected chi connectivity index (χ2v) is 13.3. The third kappa shape index (κ3) is 5.00. The van der Waals surface area contributed by atoms with Gasteiger partial charge in [-0.1, -0.05) is 18.3 Å². The molecule has 1 aromatic carbocycles. The number of nitrogens with two attached hydrogens (primary N) is 1. The standard InChI is InChI=1S/C30H36F2N8O2S/c1-4-9-38(3)12-15(2)42-30-36-24-21(27(37-30)39-13-16-10-34-11-17(16)14-39)28(41)40(18-5-6-18)25(22(24)32)19-7-8-20(31)26-23(19)35-29(33)43-26/h7-8,15-18,34H,4-6,9-14H2,1-3H3,(H2,33,35). The van der Waals surface area contributed by atoms with E-state index >= 15 is 4.39 Å². The van der Waals surface area contributed by atoms with Crippen molar-refractivity contribution in [1.82, 2.24) is 29.7 Å². The maximum absolute atomic E-state index is 17.1. The first kappa shape index (κ1) is 28.4. The van der Waals surface area contributed by atoms with Crippen LogP contribution < -0.4 is 26.2 Å². The molecule has 0 amide bonds. The number of pyridine rings is 1. The first-order valence-electron chi connectivity index (χ1n) is 15.0. The van der Waals surface area contributed by atoms with Crippen LogP contribution in [0.1, 0.15) is 39.2 Å². The first-order chi connectivity index (χ1) is 20.7. The molecular formula is C30H36F2N8O2S. The number of ether oxygens (including phenoxy) is 1. The van der Waals surface area contributed by atoms with Gasteiger partial charge in [0.1, 0.15) is 28.6 Å². The number of benzene rings is 1. The quantitative estimate of drug-likeness (QED) is 0.290. The monoisotopic (exact) mass is 610 g/mol. The van der Waals surface area contributed by atoms with Crippen molar-refractivity contribution in [3.63, 3.8) is 0 Å². The Morgan fingerprint density at radius 2 is 1.91 bits per heavy atom. The van der Waals surface area contributed by atoms with Crippen LogP contribution in [0, 0.1) is 23.5 Å². The summed E-state index contributed by atoms with van der Waals surface area (Å²) >= 11 is 0.996. The summed E-state index contributed by atoms with van der Waals surface area (Å²) in [7, 11) is 2.02. The summed E-state index contributed by atoms with van der Waals surface area (Å²) in [4.78, 5) is 32.4. The van der Waals surface area contributed by atoms with E-state index in [0.29, 0.717) is 42.9 Å². The van der Waals surface area contributed by atoms with Crippen LogP contribution in [-0.4, -0.2) is 76.8 Å². The van der Waals surface area contributed by atoms with Gasteiger partial charge in [-0.25, -0.2) is 13.8 Å². The fraction of sp³-hybridized carbons (Fsp3) is 0.533. The van der Waals surface area contributed by atoms with Crippen molar-refractivity contribution in [3.05, 3.63) is 34.1 Å². The Hall–Kier alpha value is -3.42. The second kappa shape index (κ2) is 10.9. The number of anilines is 2. The van der Waals surface area contributed by atoms with Gasteiger partial charge in [0.05, 0.1) is 15.9 Å². The molecule has 228 valence electrons. The van der Waals surface area contributed by atoms with E-state index in [4.69, 9.17) is 15.5 Å². The lowest BCUT2D eigenvalue weighted by Gasteiger charge is -2.24. The Morgan fingerprint density at radius 1 is 1.16 bits per heavy atom. The predicted molar refractivity (Wildman–Crippen MR) is 165 cm³/mol. The second-order valence-electron chi connectivity index (χ2n) is 12.2. The van der Waals surface area contributed by atoms with Gasteiger partial charge < -0.3 is 30.2 Å². The summed E-state index contributed by atoms with van der Waals surface area (Å²) in [6, 6.07) is 2.59. The molecule has 1 aliphatic carbocycles. The van der Waals surface area contributed by atoms with E-state index in [2.05, 4.69) is 32.0 Å². The zero-order valence-electron chi connectivity index (χ0n) is 24.6. The Balaban J connectivity index is 1.44. The van der Waals surface area contributed by atoms with Crippen LogP contribution in [0.25, 0.3) is 32.4 Å².